The number of pyridine rings is 1. The molecule has 0 saturated carbocycles. The standard InChI is InChI=1S/C13H18N4/c1-4-14-7-12-8-17(9-15-12)13-6-5-10(2)16-11(13)3/h5-6,8-9,14H,4,7H2,1-3H3. The lowest BCUT2D eigenvalue weighted by Crippen LogP contribution is -2.11. The zero-order valence-corrected chi connectivity index (χ0v) is 10.6. The maximum absolute atomic E-state index is 4.46. The van der Waals surface area contributed by atoms with Crippen LogP contribution in [-0.2, 0) is 6.54 Å². The number of imidazole rings is 1. The van der Waals surface area contributed by atoms with E-state index in [1.165, 1.54) is 0 Å². The molecule has 17 heavy (non-hydrogen) atoms. The van der Waals surface area contributed by atoms with Gasteiger partial charge in [-0.05, 0) is 32.5 Å². The van der Waals surface area contributed by atoms with Crippen molar-refractivity contribution in [3.63, 3.8) is 0 Å². The Morgan fingerprint density at radius 1 is 1.29 bits per heavy atom. The van der Waals surface area contributed by atoms with Gasteiger partial charge in [0.25, 0.3) is 0 Å². The molecule has 0 spiro atoms. The minimum Gasteiger partial charge on any atom is -0.311 e. The first-order chi connectivity index (χ1) is 8.20. The SMILES string of the molecule is CCNCc1cn(-c2ccc(C)nc2C)cn1. The fourth-order valence-electron chi connectivity index (χ4n) is 1.79. The Morgan fingerprint density at radius 2 is 2.12 bits per heavy atom. The minimum atomic E-state index is 0.807. The number of hydrogen-bond acceptors (Lipinski definition) is 3. The van der Waals surface area contributed by atoms with E-state index in [9.17, 15) is 0 Å². The fraction of sp³-hybridized carbons (Fsp3) is 0.385. The summed E-state index contributed by atoms with van der Waals surface area (Å²) in [6, 6.07) is 4.10. The third kappa shape index (κ3) is 2.71. The van der Waals surface area contributed by atoms with Crippen molar-refractivity contribution in [3.05, 3.63) is 41.7 Å². The Bertz CT molecular complexity index is 502. The van der Waals surface area contributed by atoms with Gasteiger partial charge in [-0.2, -0.15) is 0 Å². The van der Waals surface area contributed by atoms with Crippen LogP contribution in [-0.4, -0.2) is 21.1 Å². The van der Waals surface area contributed by atoms with E-state index in [2.05, 4.69) is 28.3 Å². The van der Waals surface area contributed by atoms with Gasteiger partial charge in [0, 0.05) is 18.4 Å². The van der Waals surface area contributed by atoms with Crippen LogP contribution in [0.1, 0.15) is 24.0 Å². The van der Waals surface area contributed by atoms with Crippen LogP contribution in [0.3, 0.4) is 0 Å². The molecule has 0 fully saturated rings. The van der Waals surface area contributed by atoms with Gasteiger partial charge in [0.05, 0.1) is 23.4 Å². The Hall–Kier alpha value is -1.68. The van der Waals surface area contributed by atoms with E-state index in [0.717, 1.165) is 35.9 Å². The average molecular weight is 230 g/mol. The van der Waals surface area contributed by atoms with Crippen molar-refractivity contribution < 1.29 is 0 Å². The monoisotopic (exact) mass is 230 g/mol. The molecular weight excluding hydrogens is 212 g/mol. The number of aromatic nitrogens is 3. The Morgan fingerprint density at radius 3 is 2.82 bits per heavy atom. The summed E-state index contributed by atoms with van der Waals surface area (Å²) in [7, 11) is 0. The van der Waals surface area contributed by atoms with Crippen LogP contribution in [0, 0.1) is 13.8 Å². The molecule has 0 aromatic carbocycles. The van der Waals surface area contributed by atoms with Crippen molar-refractivity contribution in [2.24, 2.45) is 0 Å². The lowest BCUT2D eigenvalue weighted by atomic mass is 10.3. The molecule has 0 aliphatic heterocycles. The van der Waals surface area contributed by atoms with E-state index in [4.69, 9.17) is 0 Å². The molecule has 2 rings (SSSR count). The number of nitrogens with zero attached hydrogens (tertiary/aromatic N) is 3. The zero-order valence-electron chi connectivity index (χ0n) is 10.6. The van der Waals surface area contributed by atoms with Crippen LogP contribution in [0.15, 0.2) is 24.7 Å². The Labute approximate surface area is 102 Å². The normalized spacial score (nSPS) is 10.8. The number of hydrogen-bond donors (Lipinski definition) is 1. The smallest absolute Gasteiger partial charge is 0.0996 e. The van der Waals surface area contributed by atoms with Crippen molar-refractivity contribution in [2.45, 2.75) is 27.3 Å². The average Bonchev–Trinajstić information content (AvgIpc) is 2.75. The van der Waals surface area contributed by atoms with Crippen molar-refractivity contribution >= 4 is 0 Å². The fourth-order valence-corrected chi connectivity index (χ4v) is 1.79. The Kier molecular flexibility index (Phi) is 3.54. The van der Waals surface area contributed by atoms with E-state index in [1.807, 2.05) is 37.0 Å². The summed E-state index contributed by atoms with van der Waals surface area (Å²) in [5.74, 6) is 0. The highest BCUT2D eigenvalue weighted by molar-refractivity contribution is 5.37. The van der Waals surface area contributed by atoms with Crippen molar-refractivity contribution in [1.29, 1.82) is 0 Å². The summed E-state index contributed by atoms with van der Waals surface area (Å²) in [5.41, 5.74) is 4.20. The minimum absolute atomic E-state index is 0.807. The number of aryl methyl sites for hydroxylation is 2. The Balaban J connectivity index is 2.24. The van der Waals surface area contributed by atoms with Crippen LogP contribution in [0.25, 0.3) is 5.69 Å². The highest BCUT2D eigenvalue weighted by Gasteiger charge is 2.04. The molecule has 0 aliphatic carbocycles. The van der Waals surface area contributed by atoms with Crippen LogP contribution in [0.4, 0.5) is 0 Å². The first kappa shape index (κ1) is 11.8. The molecule has 2 aromatic rings. The summed E-state index contributed by atoms with van der Waals surface area (Å²) in [4.78, 5) is 8.82. The summed E-state index contributed by atoms with van der Waals surface area (Å²) < 4.78 is 2.02. The molecule has 0 radical (unpaired) electrons. The molecule has 1 N–H and O–H groups in total. The molecule has 0 saturated heterocycles. The maximum Gasteiger partial charge on any atom is 0.0996 e. The van der Waals surface area contributed by atoms with Gasteiger partial charge in [-0.1, -0.05) is 6.92 Å². The molecule has 90 valence electrons. The van der Waals surface area contributed by atoms with Gasteiger partial charge >= 0.3 is 0 Å². The maximum atomic E-state index is 4.46. The van der Waals surface area contributed by atoms with Gasteiger partial charge in [-0.3, -0.25) is 4.98 Å². The van der Waals surface area contributed by atoms with Gasteiger partial charge in [0.1, 0.15) is 0 Å². The third-order valence-electron chi connectivity index (χ3n) is 2.67. The van der Waals surface area contributed by atoms with Gasteiger partial charge in [0.15, 0.2) is 0 Å². The van der Waals surface area contributed by atoms with Crippen molar-refractivity contribution in [2.75, 3.05) is 6.54 Å². The molecule has 4 nitrogen and oxygen atoms in total. The van der Waals surface area contributed by atoms with Gasteiger partial charge < -0.3 is 9.88 Å². The summed E-state index contributed by atoms with van der Waals surface area (Å²) in [6.45, 7) is 7.87. The van der Waals surface area contributed by atoms with Crippen molar-refractivity contribution in [3.8, 4) is 5.69 Å². The second-order valence-corrected chi connectivity index (χ2v) is 4.11. The van der Waals surface area contributed by atoms with Crippen molar-refractivity contribution in [1.82, 2.24) is 19.9 Å². The molecular formula is C13H18N4. The van der Waals surface area contributed by atoms with E-state index in [1.54, 1.807) is 0 Å². The summed E-state index contributed by atoms with van der Waals surface area (Å²) >= 11 is 0. The molecule has 0 bridgehead atoms. The zero-order chi connectivity index (χ0) is 12.3. The molecule has 0 aliphatic rings. The van der Waals surface area contributed by atoms with E-state index in [-0.39, 0.29) is 0 Å². The molecule has 2 aromatic heterocycles. The van der Waals surface area contributed by atoms with Gasteiger partial charge in [-0.25, -0.2) is 4.98 Å². The quantitative estimate of drug-likeness (QED) is 0.873. The highest BCUT2D eigenvalue weighted by atomic mass is 15.1. The second-order valence-electron chi connectivity index (χ2n) is 4.11. The van der Waals surface area contributed by atoms with Crippen LogP contribution in [0.5, 0.6) is 0 Å². The molecule has 0 unspecified atom stereocenters. The van der Waals surface area contributed by atoms with E-state index < -0.39 is 0 Å². The largest absolute Gasteiger partial charge is 0.311 e. The molecule has 0 atom stereocenters. The second kappa shape index (κ2) is 5.10. The van der Waals surface area contributed by atoms with Crippen LogP contribution in [0.2, 0.25) is 0 Å². The predicted molar refractivity (Wildman–Crippen MR) is 68.2 cm³/mol. The molecule has 0 amide bonds. The first-order valence-corrected chi connectivity index (χ1v) is 5.89. The van der Waals surface area contributed by atoms with Crippen LogP contribution >= 0.6 is 0 Å². The topological polar surface area (TPSA) is 42.7 Å². The van der Waals surface area contributed by atoms with Gasteiger partial charge in [0.2, 0.25) is 0 Å². The van der Waals surface area contributed by atoms with E-state index >= 15 is 0 Å². The first-order valence-electron chi connectivity index (χ1n) is 5.89. The number of rotatable bonds is 4. The predicted octanol–water partition coefficient (Wildman–Crippen LogP) is 1.99. The highest BCUT2D eigenvalue weighted by Crippen LogP contribution is 2.13. The third-order valence-corrected chi connectivity index (χ3v) is 2.67. The summed E-state index contributed by atoms with van der Waals surface area (Å²) in [6.07, 6.45) is 3.88. The molecule has 2 heterocycles. The number of nitrogens with one attached hydrogen (secondary N) is 1. The lowest BCUT2D eigenvalue weighted by molar-refractivity contribution is 0.713. The molecule has 4 heteroatoms. The van der Waals surface area contributed by atoms with E-state index in [0.29, 0.717) is 0 Å². The summed E-state index contributed by atoms with van der Waals surface area (Å²) in [5, 5.41) is 3.26. The lowest BCUT2D eigenvalue weighted by Gasteiger charge is -2.06. The van der Waals surface area contributed by atoms with Crippen LogP contribution < -0.4 is 5.32 Å². The van der Waals surface area contributed by atoms with Gasteiger partial charge in [-0.15, -0.1) is 0 Å².